The van der Waals surface area contributed by atoms with Crippen LogP contribution in [0.15, 0.2) is 0 Å². The summed E-state index contributed by atoms with van der Waals surface area (Å²) in [6.07, 6.45) is 16.2. The summed E-state index contributed by atoms with van der Waals surface area (Å²) in [6, 6.07) is 0. The molecule has 15 heavy (non-hydrogen) atoms. The third-order valence-electron chi connectivity index (χ3n) is 2.95. The summed E-state index contributed by atoms with van der Waals surface area (Å²) in [5.41, 5.74) is 0. The van der Waals surface area contributed by atoms with Crippen LogP contribution < -0.4 is 0 Å². The van der Waals surface area contributed by atoms with Gasteiger partial charge in [-0.25, -0.2) is 0 Å². The highest BCUT2D eigenvalue weighted by molar-refractivity contribution is 7.57. The van der Waals surface area contributed by atoms with E-state index in [1.54, 1.807) is 12.3 Å². The molecule has 0 rings (SSSR count). The summed E-state index contributed by atoms with van der Waals surface area (Å²) in [5.74, 6) is 0. The summed E-state index contributed by atoms with van der Waals surface area (Å²) < 4.78 is 0. The highest BCUT2D eigenvalue weighted by atomic mass is 31.1. The van der Waals surface area contributed by atoms with Crippen molar-refractivity contribution in [2.45, 2.75) is 72.1 Å². The van der Waals surface area contributed by atoms with Crippen LogP contribution in [0.2, 0.25) is 0 Å². The normalized spacial score (nSPS) is 13.0. The highest BCUT2D eigenvalue weighted by Crippen LogP contribution is 2.38. The molecule has 0 aromatic heterocycles. The van der Waals surface area contributed by atoms with Crippen LogP contribution in [0, 0.1) is 0 Å². The predicted octanol–water partition coefficient (Wildman–Crippen LogP) is 5.65. The average molecular weight is 230 g/mol. The Morgan fingerprint density at radius 2 is 1.07 bits per heavy atom. The van der Waals surface area contributed by atoms with Crippen LogP contribution >= 0.6 is 7.92 Å². The van der Waals surface area contributed by atoms with E-state index in [9.17, 15) is 0 Å². The maximum atomic E-state index is 2.35. The Labute approximate surface area is 99.0 Å². The van der Waals surface area contributed by atoms with Gasteiger partial charge in [0.2, 0.25) is 0 Å². The lowest BCUT2D eigenvalue weighted by Crippen LogP contribution is -1.95. The molecule has 1 heteroatoms. The fourth-order valence-electron chi connectivity index (χ4n) is 2.00. The Morgan fingerprint density at radius 3 is 1.60 bits per heavy atom. The molecular formula is C14H31P. The van der Waals surface area contributed by atoms with Crippen LogP contribution in [0.3, 0.4) is 0 Å². The van der Waals surface area contributed by atoms with Crippen LogP contribution in [0.5, 0.6) is 0 Å². The second-order valence-electron chi connectivity index (χ2n) is 4.61. The highest BCUT2D eigenvalue weighted by Gasteiger charge is 2.05. The Hall–Kier alpha value is 0.430. The summed E-state index contributed by atoms with van der Waals surface area (Å²) in [4.78, 5) is 0. The second-order valence-corrected chi connectivity index (χ2v) is 7.29. The van der Waals surface area contributed by atoms with Crippen molar-refractivity contribution in [3.05, 3.63) is 0 Å². The van der Waals surface area contributed by atoms with Crippen molar-refractivity contribution in [2.75, 3.05) is 18.5 Å². The standard InChI is InChI=1S/C14H31P/c1-4-7-9-11-14-15(12-6-3)13-10-8-5-2/h4-14H2,1-3H3. The zero-order chi connectivity index (χ0) is 11.4. The molecule has 0 aliphatic heterocycles. The van der Waals surface area contributed by atoms with Gasteiger partial charge in [0.25, 0.3) is 0 Å². The molecule has 0 aliphatic carbocycles. The molecule has 1 atom stereocenters. The molecule has 0 bridgehead atoms. The third kappa shape index (κ3) is 10.7. The quantitative estimate of drug-likeness (QED) is 0.318. The van der Waals surface area contributed by atoms with E-state index in [-0.39, 0.29) is 0 Å². The van der Waals surface area contributed by atoms with Gasteiger partial charge in [-0.2, -0.15) is 0 Å². The lowest BCUT2D eigenvalue weighted by Gasteiger charge is -2.16. The van der Waals surface area contributed by atoms with Crippen LogP contribution in [0.1, 0.15) is 72.1 Å². The van der Waals surface area contributed by atoms with Gasteiger partial charge in [-0.05, 0) is 31.3 Å². The zero-order valence-electron chi connectivity index (χ0n) is 11.2. The molecule has 1 unspecified atom stereocenters. The maximum Gasteiger partial charge on any atom is -0.0326 e. The molecule has 0 aromatic carbocycles. The van der Waals surface area contributed by atoms with Gasteiger partial charge in [0, 0.05) is 0 Å². The van der Waals surface area contributed by atoms with E-state index in [4.69, 9.17) is 0 Å². The van der Waals surface area contributed by atoms with Crippen molar-refractivity contribution in [1.82, 2.24) is 0 Å². The smallest absolute Gasteiger partial charge is 0.0326 e. The van der Waals surface area contributed by atoms with Gasteiger partial charge in [0.1, 0.15) is 0 Å². The molecule has 0 fully saturated rings. The van der Waals surface area contributed by atoms with Crippen LogP contribution in [-0.4, -0.2) is 18.5 Å². The van der Waals surface area contributed by atoms with Gasteiger partial charge in [-0.1, -0.05) is 59.3 Å². The summed E-state index contributed by atoms with van der Waals surface area (Å²) >= 11 is 0. The van der Waals surface area contributed by atoms with Gasteiger partial charge < -0.3 is 0 Å². The Bertz CT molecular complexity index is 112. The van der Waals surface area contributed by atoms with Gasteiger partial charge in [0.05, 0.1) is 0 Å². The Morgan fingerprint density at radius 1 is 0.533 bits per heavy atom. The number of hydrogen-bond donors (Lipinski definition) is 0. The SMILES string of the molecule is CCCCCCP(CCC)CCCCC. The van der Waals surface area contributed by atoms with E-state index in [1.165, 1.54) is 57.5 Å². The first-order chi connectivity index (χ1) is 7.35. The molecule has 92 valence electrons. The van der Waals surface area contributed by atoms with Crippen molar-refractivity contribution >= 4 is 7.92 Å². The molecule has 0 spiro atoms. The molecule has 0 aliphatic rings. The Balaban J connectivity index is 3.44. The topological polar surface area (TPSA) is 0 Å². The van der Waals surface area contributed by atoms with Gasteiger partial charge in [-0.3, -0.25) is 0 Å². The fraction of sp³-hybridized carbons (Fsp3) is 1.00. The minimum absolute atomic E-state index is 0.411. The summed E-state index contributed by atoms with van der Waals surface area (Å²) in [6.45, 7) is 6.96. The molecular weight excluding hydrogens is 199 g/mol. The van der Waals surface area contributed by atoms with E-state index in [2.05, 4.69) is 20.8 Å². The average Bonchev–Trinajstić information content (AvgIpc) is 2.24. The van der Waals surface area contributed by atoms with E-state index in [0.717, 1.165) is 0 Å². The van der Waals surface area contributed by atoms with Crippen LogP contribution in [0.4, 0.5) is 0 Å². The van der Waals surface area contributed by atoms with Crippen molar-refractivity contribution in [1.29, 1.82) is 0 Å². The minimum Gasteiger partial charge on any atom is -0.107 e. The number of hydrogen-bond acceptors (Lipinski definition) is 0. The van der Waals surface area contributed by atoms with E-state index in [1.807, 2.05) is 0 Å². The minimum atomic E-state index is 0.411. The first-order valence-corrected chi connectivity index (χ1v) is 8.97. The first kappa shape index (κ1) is 15.4. The largest absolute Gasteiger partial charge is 0.107 e. The lowest BCUT2D eigenvalue weighted by atomic mass is 10.2. The molecule has 0 nitrogen and oxygen atoms in total. The van der Waals surface area contributed by atoms with Crippen molar-refractivity contribution in [3.8, 4) is 0 Å². The monoisotopic (exact) mass is 230 g/mol. The number of rotatable bonds is 11. The molecule has 0 radical (unpaired) electrons. The van der Waals surface area contributed by atoms with Gasteiger partial charge >= 0.3 is 0 Å². The summed E-state index contributed by atoms with van der Waals surface area (Å²) in [7, 11) is 0.411. The van der Waals surface area contributed by atoms with E-state index < -0.39 is 0 Å². The molecule has 0 N–H and O–H groups in total. The molecule has 0 saturated carbocycles. The Kier molecular flexibility index (Phi) is 12.9. The molecule has 0 amide bonds. The molecule has 0 saturated heterocycles. The fourth-order valence-corrected chi connectivity index (χ4v) is 4.64. The summed E-state index contributed by atoms with van der Waals surface area (Å²) in [5, 5.41) is 0. The van der Waals surface area contributed by atoms with Crippen LogP contribution in [-0.2, 0) is 0 Å². The van der Waals surface area contributed by atoms with Crippen LogP contribution in [0.25, 0.3) is 0 Å². The van der Waals surface area contributed by atoms with E-state index in [0.29, 0.717) is 7.92 Å². The van der Waals surface area contributed by atoms with Crippen molar-refractivity contribution in [2.24, 2.45) is 0 Å². The molecule has 0 aromatic rings. The maximum absolute atomic E-state index is 2.35. The molecule has 0 heterocycles. The van der Waals surface area contributed by atoms with Gasteiger partial charge in [-0.15, -0.1) is 7.92 Å². The predicted molar refractivity (Wildman–Crippen MR) is 75.5 cm³/mol. The van der Waals surface area contributed by atoms with Gasteiger partial charge in [0.15, 0.2) is 0 Å². The second kappa shape index (κ2) is 12.5. The van der Waals surface area contributed by atoms with E-state index >= 15 is 0 Å². The van der Waals surface area contributed by atoms with Crippen molar-refractivity contribution < 1.29 is 0 Å². The lowest BCUT2D eigenvalue weighted by molar-refractivity contribution is 0.702. The zero-order valence-corrected chi connectivity index (χ0v) is 12.1. The number of unbranched alkanes of at least 4 members (excludes halogenated alkanes) is 5. The first-order valence-electron chi connectivity index (χ1n) is 7.07. The van der Waals surface area contributed by atoms with Crippen molar-refractivity contribution in [3.63, 3.8) is 0 Å². The third-order valence-corrected chi connectivity index (χ3v) is 5.92.